The van der Waals surface area contributed by atoms with Crippen LogP contribution >= 0.6 is 27.5 Å². The highest BCUT2D eigenvalue weighted by atomic mass is 79.9. The Morgan fingerprint density at radius 2 is 1.82 bits per heavy atom. The van der Waals surface area contributed by atoms with Gasteiger partial charge in [0.25, 0.3) is 0 Å². The molecular formula is C16H9BrClNO3. The second-order valence-electron chi connectivity index (χ2n) is 4.63. The number of hydrogen-bond acceptors (Lipinski definition) is 3. The van der Waals surface area contributed by atoms with Crippen LogP contribution in [0.15, 0.2) is 46.9 Å². The van der Waals surface area contributed by atoms with E-state index in [1.54, 1.807) is 42.5 Å². The molecule has 3 aromatic rings. The van der Waals surface area contributed by atoms with Gasteiger partial charge in [0.05, 0.1) is 5.52 Å². The molecule has 0 bridgehead atoms. The van der Waals surface area contributed by atoms with Crippen LogP contribution in [0.4, 0.5) is 0 Å². The molecule has 0 aliphatic carbocycles. The van der Waals surface area contributed by atoms with Crippen LogP contribution in [-0.2, 0) is 0 Å². The van der Waals surface area contributed by atoms with Gasteiger partial charge in [0.1, 0.15) is 11.3 Å². The Balaban J connectivity index is 2.41. The van der Waals surface area contributed by atoms with E-state index in [1.165, 1.54) is 0 Å². The highest BCUT2D eigenvalue weighted by Gasteiger charge is 2.21. The molecule has 2 aromatic carbocycles. The molecule has 6 heteroatoms. The van der Waals surface area contributed by atoms with Crippen LogP contribution in [-0.4, -0.2) is 21.2 Å². The molecule has 0 radical (unpaired) electrons. The summed E-state index contributed by atoms with van der Waals surface area (Å²) in [5.74, 6) is -1.57. The number of carbonyl (C=O) groups is 1. The van der Waals surface area contributed by atoms with Gasteiger partial charge in [-0.3, -0.25) is 0 Å². The molecule has 1 aromatic heterocycles. The van der Waals surface area contributed by atoms with E-state index in [4.69, 9.17) is 11.6 Å². The molecule has 22 heavy (non-hydrogen) atoms. The van der Waals surface area contributed by atoms with Crippen molar-refractivity contribution in [1.29, 1.82) is 0 Å². The molecule has 4 nitrogen and oxygen atoms in total. The van der Waals surface area contributed by atoms with Crippen molar-refractivity contribution >= 4 is 44.4 Å². The number of hydrogen-bond donors (Lipinski definition) is 2. The fourth-order valence-electron chi connectivity index (χ4n) is 2.27. The Kier molecular flexibility index (Phi) is 3.76. The fourth-order valence-corrected chi connectivity index (χ4v) is 2.85. The molecule has 0 aliphatic rings. The summed E-state index contributed by atoms with van der Waals surface area (Å²) in [5, 5.41) is 20.7. The average molecular weight is 379 g/mol. The van der Waals surface area contributed by atoms with Crippen molar-refractivity contribution < 1.29 is 15.0 Å². The van der Waals surface area contributed by atoms with Crippen LogP contribution in [0.2, 0.25) is 5.02 Å². The van der Waals surface area contributed by atoms with Crippen LogP contribution in [0.25, 0.3) is 22.2 Å². The van der Waals surface area contributed by atoms with Gasteiger partial charge in [-0.15, -0.1) is 0 Å². The molecule has 0 amide bonds. The van der Waals surface area contributed by atoms with Crippen LogP contribution in [0.3, 0.4) is 0 Å². The minimum Gasteiger partial charge on any atom is -0.505 e. The SMILES string of the molecule is O=C(O)c1c(O)c(-c2ccc(Cl)cc2)nc2c(Br)cccc12. The summed E-state index contributed by atoms with van der Waals surface area (Å²) in [7, 11) is 0. The third-order valence-electron chi connectivity index (χ3n) is 3.27. The second kappa shape index (κ2) is 5.59. The molecule has 0 atom stereocenters. The number of carboxylic acid groups (broad SMARTS) is 1. The summed E-state index contributed by atoms with van der Waals surface area (Å²) in [6, 6.07) is 11.7. The largest absolute Gasteiger partial charge is 0.505 e. The summed E-state index contributed by atoms with van der Waals surface area (Å²) in [5.41, 5.74) is 1.09. The first-order valence-electron chi connectivity index (χ1n) is 6.29. The molecule has 0 saturated heterocycles. The molecule has 0 spiro atoms. The maximum absolute atomic E-state index is 11.6. The summed E-state index contributed by atoms with van der Waals surface area (Å²) in [4.78, 5) is 16.0. The zero-order chi connectivity index (χ0) is 15.9. The quantitative estimate of drug-likeness (QED) is 0.677. The Hall–Kier alpha value is -2.11. The predicted octanol–water partition coefficient (Wildman–Crippen LogP) is 4.72. The molecule has 0 unspecified atom stereocenters. The van der Waals surface area contributed by atoms with Gasteiger partial charge in [-0.2, -0.15) is 0 Å². The van der Waals surface area contributed by atoms with E-state index >= 15 is 0 Å². The number of benzene rings is 2. The van der Waals surface area contributed by atoms with Crippen molar-refractivity contribution in [3.8, 4) is 17.0 Å². The van der Waals surface area contributed by atoms with E-state index in [0.29, 0.717) is 26.0 Å². The number of para-hydroxylation sites is 1. The van der Waals surface area contributed by atoms with Gasteiger partial charge in [-0.1, -0.05) is 35.9 Å². The van der Waals surface area contributed by atoms with Gasteiger partial charge in [0, 0.05) is 20.4 Å². The first kappa shape index (κ1) is 14.8. The first-order valence-corrected chi connectivity index (χ1v) is 7.46. The lowest BCUT2D eigenvalue weighted by Gasteiger charge is -2.11. The fraction of sp³-hybridized carbons (Fsp3) is 0. The smallest absolute Gasteiger partial charge is 0.340 e. The van der Waals surface area contributed by atoms with E-state index in [1.807, 2.05) is 0 Å². The standard InChI is InChI=1S/C16H9BrClNO3/c17-11-3-1-2-10-12(16(21)22)15(20)13(19-14(10)11)8-4-6-9(18)7-5-8/h1-7,20H,(H,21,22). The third-order valence-corrected chi connectivity index (χ3v) is 4.16. The predicted molar refractivity (Wildman–Crippen MR) is 88.5 cm³/mol. The minimum atomic E-state index is -1.21. The topological polar surface area (TPSA) is 70.4 Å². The van der Waals surface area contributed by atoms with Gasteiger partial charge in [0.15, 0.2) is 5.75 Å². The lowest BCUT2D eigenvalue weighted by molar-refractivity contribution is 0.0696. The van der Waals surface area contributed by atoms with Crippen molar-refractivity contribution in [2.24, 2.45) is 0 Å². The Labute approximate surface area is 139 Å². The van der Waals surface area contributed by atoms with Crippen LogP contribution in [0, 0.1) is 0 Å². The lowest BCUT2D eigenvalue weighted by atomic mass is 10.0. The maximum atomic E-state index is 11.6. The number of aromatic hydroxyl groups is 1. The van der Waals surface area contributed by atoms with E-state index < -0.39 is 5.97 Å². The molecular weight excluding hydrogens is 370 g/mol. The summed E-state index contributed by atoms with van der Waals surface area (Å²) in [6.07, 6.45) is 0. The number of rotatable bonds is 2. The van der Waals surface area contributed by atoms with Gasteiger partial charge in [-0.05, 0) is 34.1 Å². The van der Waals surface area contributed by atoms with E-state index in [-0.39, 0.29) is 17.0 Å². The van der Waals surface area contributed by atoms with Crippen molar-refractivity contribution in [3.63, 3.8) is 0 Å². The third kappa shape index (κ3) is 2.42. The normalized spacial score (nSPS) is 10.8. The average Bonchev–Trinajstić information content (AvgIpc) is 2.47. The summed E-state index contributed by atoms with van der Waals surface area (Å²) >= 11 is 9.22. The monoisotopic (exact) mass is 377 g/mol. The number of halogens is 2. The molecule has 0 aliphatic heterocycles. The Morgan fingerprint density at radius 3 is 2.45 bits per heavy atom. The highest BCUT2D eigenvalue weighted by Crippen LogP contribution is 2.37. The Morgan fingerprint density at radius 1 is 1.14 bits per heavy atom. The van der Waals surface area contributed by atoms with Crippen LogP contribution in [0.5, 0.6) is 5.75 Å². The number of aromatic carboxylic acids is 1. The van der Waals surface area contributed by atoms with Crippen LogP contribution < -0.4 is 0 Å². The Bertz CT molecular complexity index is 894. The molecule has 3 rings (SSSR count). The molecule has 0 fully saturated rings. The van der Waals surface area contributed by atoms with Crippen molar-refractivity contribution in [1.82, 2.24) is 4.98 Å². The zero-order valence-electron chi connectivity index (χ0n) is 11.0. The number of nitrogens with zero attached hydrogens (tertiary/aromatic N) is 1. The van der Waals surface area contributed by atoms with Crippen molar-refractivity contribution in [2.45, 2.75) is 0 Å². The summed E-state index contributed by atoms with van der Waals surface area (Å²) < 4.78 is 0.655. The number of aromatic nitrogens is 1. The van der Waals surface area contributed by atoms with Crippen molar-refractivity contribution in [3.05, 3.63) is 57.5 Å². The van der Waals surface area contributed by atoms with E-state index in [0.717, 1.165) is 0 Å². The number of carboxylic acids is 1. The second-order valence-corrected chi connectivity index (χ2v) is 5.92. The zero-order valence-corrected chi connectivity index (χ0v) is 13.4. The number of fused-ring (bicyclic) bond motifs is 1. The van der Waals surface area contributed by atoms with E-state index in [9.17, 15) is 15.0 Å². The maximum Gasteiger partial charge on any atom is 0.340 e. The van der Waals surface area contributed by atoms with Crippen LogP contribution in [0.1, 0.15) is 10.4 Å². The molecule has 2 N–H and O–H groups in total. The summed E-state index contributed by atoms with van der Waals surface area (Å²) in [6.45, 7) is 0. The molecule has 0 saturated carbocycles. The van der Waals surface area contributed by atoms with Gasteiger partial charge < -0.3 is 10.2 Å². The number of pyridine rings is 1. The van der Waals surface area contributed by atoms with Gasteiger partial charge >= 0.3 is 5.97 Å². The first-order chi connectivity index (χ1) is 10.5. The molecule has 110 valence electrons. The minimum absolute atomic E-state index is 0.170. The van der Waals surface area contributed by atoms with Gasteiger partial charge in [-0.25, -0.2) is 9.78 Å². The van der Waals surface area contributed by atoms with Crippen molar-refractivity contribution in [2.75, 3.05) is 0 Å². The lowest BCUT2D eigenvalue weighted by Crippen LogP contribution is -2.02. The van der Waals surface area contributed by atoms with Gasteiger partial charge in [0.2, 0.25) is 0 Å². The van der Waals surface area contributed by atoms with E-state index in [2.05, 4.69) is 20.9 Å². The molecule has 1 heterocycles. The highest BCUT2D eigenvalue weighted by molar-refractivity contribution is 9.10.